The van der Waals surface area contributed by atoms with Gasteiger partial charge < -0.3 is 10.6 Å². The van der Waals surface area contributed by atoms with Gasteiger partial charge in [-0.3, -0.25) is 9.59 Å². The molecule has 148 valence electrons. The predicted octanol–water partition coefficient (Wildman–Crippen LogP) is 4.99. The first kappa shape index (κ1) is 20.3. The third-order valence-electron chi connectivity index (χ3n) is 4.77. The summed E-state index contributed by atoms with van der Waals surface area (Å²) in [7, 11) is 0. The van der Waals surface area contributed by atoms with Crippen LogP contribution in [0.2, 0.25) is 0 Å². The van der Waals surface area contributed by atoms with Gasteiger partial charge in [-0.1, -0.05) is 79.7 Å². The maximum Gasteiger partial charge on any atom is 0.253 e. The molecule has 0 aromatic heterocycles. The van der Waals surface area contributed by atoms with Crippen molar-refractivity contribution in [2.75, 3.05) is 11.9 Å². The molecule has 0 saturated carbocycles. The zero-order chi connectivity index (χ0) is 20.5. The monoisotopic (exact) mass is 386 g/mol. The lowest BCUT2D eigenvalue weighted by atomic mass is 9.88. The molecular weight excluding hydrogens is 360 g/mol. The highest BCUT2D eigenvalue weighted by molar-refractivity contribution is 6.03. The Labute approximate surface area is 172 Å². The first-order chi connectivity index (χ1) is 14.2. The van der Waals surface area contributed by atoms with Crippen LogP contribution < -0.4 is 10.6 Å². The molecule has 2 amide bonds. The molecule has 0 fully saturated rings. The second-order valence-corrected chi connectivity index (χ2v) is 6.93. The van der Waals surface area contributed by atoms with Crippen molar-refractivity contribution in [3.05, 3.63) is 102 Å². The van der Waals surface area contributed by atoms with E-state index in [0.29, 0.717) is 24.2 Å². The van der Waals surface area contributed by atoms with Gasteiger partial charge in [0.1, 0.15) is 0 Å². The molecular formula is C25H26N2O2. The molecule has 3 aromatic carbocycles. The summed E-state index contributed by atoms with van der Waals surface area (Å²) in [5, 5.41) is 5.80. The van der Waals surface area contributed by atoms with Gasteiger partial charge in [-0.25, -0.2) is 0 Å². The van der Waals surface area contributed by atoms with E-state index in [1.165, 1.54) is 0 Å². The van der Waals surface area contributed by atoms with Crippen molar-refractivity contribution in [1.82, 2.24) is 5.32 Å². The van der Waals surface area contributed by atoms with Crippen LogP contribution in [0, 0.1) is 0 Å². The van der Waals surface area contributed by atoms with E-state index in [4.69, 9.17) is 0 Å². The summed E-state index contributed by atoms with van der Waals surface area (Å²) < 4.78 is 0. The number of rotatable bonds is 8. The molecule has 0 aliphatic carbocycles. The molecule has 2 N–H and O–H groups in total. The van der Waals surface area contributed by atoms with Gasteiger partial charge in [0.2, 0.25) is 5.91 Å². The van der Waals surface area contributed by atoms with E-state index in [9.17, 15) is 9.59 Å². The van der Waals surface area contributed by atoms with Gasteiger partial charge in [0.25, 0.3) is 5.91 Å². The summed E-state index contributed by atoms with van der Waals surface area (Å²) in [4.78, 5) is 25.3. The normalized spacial score (nSPS) is 10.6. The summed E-state index contributed by atoms with van der Waals surface area (Å²) in [6.07, 6.45) is 1.15. The molecule has 0 saturated heterocycles. The SMILES string of the molecule is CCCNC(=O)c1ccccc1NC(=O)CC(c1ccccc1)c1ccccc1. The fourth-order valence-electron chi connectivity index (χ4n) is 3.31. The topological polar surface area (TPSA) is 58.2 Å². The van der Waals surface area contributed by atoms with E-state index in [1.807, 2.05) is 73.7 Å². The number of amides is 2. The number of hydrogen-bond acceptors (Lipinski definition) is 2. The minimum absolute atomic E-state index is 0.0570. The Bertz CT molecular complexity index is 900. The molecule has 29 heavy (non-hydrogen) atoms. The van der Waals surface area contributed by atoms with Gasteiger partial charge >= 0.3 is 0 Å². The Hall–Kier alpha value is -3.40. The highest BCUT2D eigenvalue weighted by Crippen LogP contribution is 2.28. The molecule has 3 rings (SSSR count). The maximum absolute atomic E-state index is 12.9. The van der Waals surface area contributed by atoms with E-state index in [0.717, 1.165) is 17.5 Å². The third kappa shape index (κ3) is 5.55. The quantitative estimate of drug-likeness (QED) is 0.573. The van der Waals surface area contributed by atoms with Crippen LogP contribution in [-0.4, -0.2) is 18.4 Å². The van der Waals surface area contributed by atoms with Crippen LogP contribution in [-0.2, 0) is 4.79 Å². The average molecular weight is 386 g/mol. The first-order valence-electron chi connectivity index (χ1n) is 9.96. The summed E-state index contributed by atoms with van der Waals surface area (Å²) in [6.45, 7) is 2.60. The molecule has 0 radical (unpaired) electrons. The Morgan fingerprint density at radius 1 is 0.793 bits per heavy atom. The second kappa shape index (κ2) is 10.2. The summed E-state index contributed by atoms with van der Waals surface area (Å²) in [5.74, 6) is -0.359. The summed E-state index contributed by atoms with van der Waals surface area (Å²) in [5.41, 5.74) is 3.18. The number of carbonyl (C=O) groups is 2. The minimum Gasteiger partial charge on any atom is -0.352 e. The zero-order valence-corrected chi connectivity index (χ0v) is 16.6. The van der Waals surface area contributed by atoms with Crippen molar-refractivity contribution in [3.63, 3.8) is 0 Å². The second-order valence-electron chi connectivity index (χ2n) is 6.93. The van der Waals surface area contributed by atoms with E-state index in [2.05, 4.69) is 10.6 Å². The highest BCUT2D eigenvalue weighted by atomic mass is 16.2. The van der Waals surface area contributed by atoms with E-state index >= 15 is 0 Å². The molecule has 0 heterocycles. The third-order valence-corrected chi connectivity index (χ3v) is 4.77. The molecule has 0 aliphatic rings. The molecule has 0 bridgehead atoms. The zero-order valence-electron chi connectivity index (χ0n) is 16.6. The number of para-hydroxylation sites is 1. The van der Waals surface area contributed by atoms with Crippen molar-refractivity contribution in [2.24, 2.45) is 0 Å². The van der Waals surface area contributed by atoms with Gasteiger partial charge in [-0.2, -0.15) is 0 Å². The van der Waals surface area contributed by atoms with E-state index < -0.39 is 0 Å². The molecule has 0 atom stereocenters. The fourth-order valence-corrected chi connectivity index (χ4v) is 3.31. The maximum atomic E-state index is 12.9. The molecule has 0 aliphatic heterocycles. The van der Waals surface area contributed by atoms with Gasteiger partial charge in [-0.05, 0) is 29.7 Å². The Morgan fingerprint density at radius 3 is 1.93 bits per heavy atom. The van der Waals surface area contributed by atoms with Crippen LogP contribution in [0.15, 0.2) is 84.9 Å². The van der Waals surface area contributed by atoms with Crippen molar-refractivity contribution in [1.29, 1.82) is 0 Å². The Morgan fingerprint density at radius 2 is 1.34 bits per heavy atom. The molecule has 4 heteroatoms. The average Bonchev–Trinajstić information content (AvgIpc) is 2.77. The molecule has 0 unspecified atom stereocenters. The van der Waals surface area contributed by atoms with Gasteiger partial charge in [0.05, 0.1) is 11.3 Å². The molecule has 3 aromatic rings. The number of benzene rings is 3. The van der Waals surface area contributed by atoms with E-state index in [-0.39, 0.29) is 17.7 Å². The smallest absolute Gasteiger partial charge is 0.253 e. The van der Waals surface area contributed by atoms with Crippen LogP contribution in [0.1, 0.15) is 47.2 Å². The fraction of sp³-hybridized carbons (Fsp3) is 0.200. The van der Waals surface area contributed by atoms with Crippen molar-refractivity contribution < 1.29 is 9.59 Å². The van der Waals surface area contributed by atoms with Crippen LogP contribution in [0.25, 0.3) is 0 Å². The van der Waals surface area contributed by atoms with Gasteiger partial charge in [0, 0.05) is 18.9 Å². The van der Waals surface area contributed by atoms with Crippen LogP contribution in [0.4, 0.5) is 5.69 Å². The van der Waals surface area contributed by atoms with Crippen molar-refractivity contribution in [3.8, 4) is 0 Å². The van der Waals surface area contributed by atoms with Gasteiger partial charge in [0.15, 0.2) is 0 Å². The Kier molecular flexibility index (Phi) is 7.17. The molecule has 0 spiro atoms. The Balaban J connectivity index is 1.79. The van der Waals surface area contributed by atoms with E-state index in [1.54, 1.807) is 18.2 Å². The van der Waals surface area contributed by atoms with Crippen LogP contribution in [0.3, 0.4) is 0 Å². The number of carbonyl (C=O) groups excluding carboxylic acids is 2. The lowest BCUT2D eigenvalue weighted by Gasteiger charge is -2.18. The largest absolute Gasteiger partial charge is 0.352 e. The summed E-state index contributed by atoms with van der Waals surface area (Å²) in [6, 6.07) is 27.1. The number of nitrogens with one attached hydrogen (secondary N) is 2. The lowest BCUT2D eigenvalue weighted by Crippen LogP contribution is -2.26. The highest BCUT2D eigenvalue weighted by Gasteiger charge is 2.19. The number of anilines is 1. The standard InChI is InChI=1S/C25H26N2O2/c1-2-17-26-25(29)21-15-9-10-16-23(21)27-24(28)18-22(19-11-5-3-6-12-19)20-13-7-4-8-14-20/h3-16,22H,2,17-18H2,1H3,(H,26,29)(H,27,28). The molecule has 4 nitrogen and oxygen atoms in total. The lowest BCUT2D eigenvalue weighted by molar-refractivity contribution is -0.116. The first-order valence-corrected chi connectivity index (χ1v) is 9.96. The van der Waals surface area contributed by atoms with Crippen LogP contribution >= 0.6 is 0 Å². The van der Waals surface area contributed by atoms with Gasteiger partial charge in [-0.15, -0.1) is 0 Å². The van der Waals surface area contributed by atoms with Crippen molar-refractivity contribution in [2.45, 2.75) is 25.7 Å². The number of hydrogen-bond donors (Lipinski definition) is 2. The van der Waals surface area contributed by atoms with Crippen molar-refractivity contribution >= 4 is 17.5 Å². The minimum atomic E-state index is -0.176. The van der Waals surface area contributed by atoms with Crippen LogP contribution in [0.5, 0.6) is 0 Å². The summed E-state index contributed by atoms with van der Waals surface area (Å²) >= 11 is 0. The predicted molar refractivity (Wildman–Crippen MR) is 117 cm³/mol.